The smallest absolute Gasteiger partial charge is 0.410 e. The number of fused-ring (bicyclic) bond motifs is 4. The summed E-state index contributed by atoms with van der Waals surface area (Å²) in [4.78, 5) is 154. The highest BCUT2D eigenvalue weighted by Gasteiger charge is 2.33. The molecule has 149 heavy (non-hydrogen) atoms. The average molecular weight is 2140 g/mol. The molecule has 0 saturated carbocycles. The summed E-state index contributed by atoms with van der Waals surface area (Å²) in [5.74, 6) is 1.48. The number of anilines is 3. The highest BCUT2D eigenvalue weighted by Crippen LogP contribution is 2.39. The van der Waals surface area contributed by atoms with Gasteiger partial charge >= 0.3 is 12.2 Å². The van der Waals surface area contributed by atoms with Crippen molar-refractivity contribution in [2.75, 3.05) is 75.4 Å². The second kappa shape index (κ2) is 47.6. The number of carbonyl (C=O) groups excluding carboxylic acids is 2. The first-order valence-electron chi connectivity index (χ1n) is 48.9. The van der Waals surface area contributed by atoms with Crippen molar-refractivity contribution in [3.8, 4) is 89.5 Å². The van der Waals surface area contributed by atoms with Crippen LogP contribution in [0.25, 0.3) is 134 Å². The highest BCUT2D eigenvalue weighted by atomic mass is 35.5. The van der Waals surface area contributed by atoms with Crippen molar-refractivity contribution in [3.05, 3.63) is 261 Å². The monoisotopic (exact) mass is 2130 g/mol. The van der Waals surface area contributed by atoms with Crippen LogP contribution in [0.1, 0.15) is 118 Å². The van der Waals surface area contributed by atoms with E-state index in [2.05, 4.69) is 108 Å². The third kappa shape index (κ3) is 25.6. The molecule has 4 aliphatic heterocycles. The van der Waals surface area contributed by atoms with Crippen LogP contribution >= 0.6 is 70.4 Å². The Hall–Kier alpha value is -14.1. The lowest BCUT2D eigenvalue weighted by Crippen LogP contribution is -2.36. The maximum Gasteiger partial charge on any atom is 0.410 e. The van der Waals surface area contributed by atoms with Crippen molar-refractivity contribution in [2.45, 2.75) is 184 Å². The van der Waals surface area contributed by atoms with Gasteiger partial charge in [0, 0.05) is 272 Å². The van der Waals surface area contributed by atoms with Crippen molar-refractivity contribution < 1.29 is 19.1 Å². The van der Waals surface area contributed by atoms with Gasteiger partial charge in [0.15, 0.2) is 0 Å². The van der Waals surface area contributed by atoms with E-state index in [9.17, 15) is 28.8 Å². The molecule has 4 saturated heterocycles. The zero-order valence-electron chi connectivity index (χ0n) is 85.2. The number of nitrogens with one attached hydrogen (secondary N) is 4. The van der Waals surface area contributed by atoms with Gasteiger partial charge in [-0.1, -0.05) is 94.9 Å². The molecule has 42 heteroatoms. The van der Waals surface area contributed by atoms with Gasteiger partial charge in [-0.2, -0.15) is 19.9 Å². The van der Waals surface area contributed by atoms with Gasteiger partial charge in [0.2, 0.25) is 23.1 Å². The van der Waals surface area contributed by atoms with Crippen LogP contribution in [-0.4, -0.2) is 220 Å². The Labute approximate surface area is 891 Å². The Kier molecular flexibility index (Phi) is 34.9. The number of aromatic nitrogens is 20. The second-order valence-corrected chi connectivity index (χ2v) is 40.2. The summed E-state index contributed by atoms with van der Waals surface area (Å²) in [6.07, 6.45) is 23.1. The molecule has 4 fully saturated rings. The molecule has 4 aliphatic rings. The molecule has 20 rings (SSSR count). The SMILES string of the molecule is CC(C)(C)OC(=O)N1CCC(N)C1.CCn1c(=O)c(-c2ccc(-c3nccnc3C)cc2Cl)cc2cnc(Cl)nc21.CCn1c(=O)c(-c2ccc(-c3nccnc3C)cc2Cl)cc2cnc(NC3CCN(C(=O)OC(C)(C)C)C3)nc21.CCn1c(=O)c(-c2ccc(-c3nccnc3C)cc2Cl)cc2cnc(NC3CCN(C)C3)nc21.CCn1c(=O)c(-c2ccc(-c3nccnc3C)cc2Cl)cc2cnc(NC3CCNC3)nc21.Cl. The fraction of sp³-hybridized carbons (Fsp3) is 0.346. The van der Waals surface area contributed by atoms with E-state index in [0.717, 1.165) is 137 Å². The molecule has 16 aromatic rings. The van der Waals surface area contributed by atoms with Crippen LogP contribution in [0.5, 0.6) is 0 Å². The van der Waals surface area contributed by atoms with E-state index in [-0.39, 0.29) is 64.2 Å². The molecular formula is C107H116Cl6N28O8. The van der Waals surface area contributed by atoms with Gasteiger partial charge in [0.25, 0.3) is 22.2 Å². The third-order valence-corrected chi connectivity index (χ3v) is 26.8. The Balaban J connectivity index is 0.000000143. The molecule has 36 nitrogen and oxygen atoms in total. The van der Waals surface area contributed by atoms with Crippen LogP contribution in [0.15, 0.2) is 191 Å². The molecule has 2 amide bonds. The number of hydrogen-bond donors (Lipinski definition) is 5. The lowest BCUT2D eigenvalue weighted by atomic mass is 10.0. The summed E-state index contributed by atoms with van der Waals surface area (Å²) in [6, 6.07) is 30.1. The van der Waals surface area contributed by atoms with Crippen molar-refractivity contribution >= 4 is 145 Å². The third-order valence-electron chi connectivity index (χ3n) is 25.4. The summed E-state index contributed by atoms with van der Waals surface area (Å²) in [7, 11) is 2.10. The predicted octanol–water partition coefficient (Wildman–Crippen LogP) is 18.9. The zero-order chi connectivity index (χ0) is 105. The maximum atomic E-state index is 13.6. The first-order valence-corrected chi connectivity index (χ1v) is 50.8. The standard InChI is InChI=1S/C29H32ClN7O3.C25H26ClN7O.C24H24ClN7O.C20H15Cl2N5O.C9H18N2O2.ClH/c1-6-37-25-19(15-33-27(35-25)34-20-9-12-36(16-20)28(39)40-29(3,4)5)13-22(26(37)38)21-8-7-18(14-23(21)30)24-17(2)31-10-11-32-24;1-4-33-23-17(13-29-25(31-23)30-18-7-10-32(3)14-18)11-20(24(33)34)19-6-5-16(12-21(19)26)22-15(2)27-8-9-28-22;1-3-32-22-16(12-29-24(31-22)30-17-6-7-26-13-17)10-19(23(32)33)18-5-4-15(11-20(18)25)21-14(2)27-8-9-28-21;1-3-27-18-13(10-25-20(22)26-18)8-15(19(27)28)14-5-4-12(9-16(14)21)17-11(2)23-6-7-24-17;1-9(2,3)13-8(12)11-5-4-7(10)6-11;/h7-8,10-11,13-15,20H,6,9,12,16H2,1-5H3,(H,33,34,35);5-6,8-9,11-13,18H,4,7,10,14H2,1-3H3,(H,29,30,31);4-5,8-12,17,26H,3,6-7,13H2,1-2H3,(H,29,30,31);4-10H,3H2,1-2H3;7H,4-6,10H2,1-3H3;1H. The van der Waals surface area contributed by atoms with Gasteiger partial charge in [-0.25, -0.2) is 29.5 Å². The number of likely N-dealkylation sites (N-methyl/N-ethyl adjacent to an activating group) is 1. The Morgan fingerprint density at radius 1 is 0.383 bits per heavy atom. The number of pyridine rings is 4. The summed E-state index contributed by atoms with van der Waals surface area (Å²) in [5, 5.41) is 18.3. The topological polar surface area (TPSA) is 431 Å². The molecule has 4 atom stereocenters. The zero-order valence-corrected chi connectivity index (χ0v) is 89.8. The molecular weight excluding hydrogens is 2020 g/mol. The number of aryl methyl sites for hydroxylation is 8. The Morgan fingerprint density at radius 2 is 0.685 bits per heavy atom. The van der Waals surface area contributed by atoms with E-state index in [4.69, 9.17) is 78.2 Å². The van der Waals surface area contributed by atoms with Crippen LogP contribution in [0.2, 0.25) is 25.4 Å². The van der Waals surface area contributed by atoms with Crippen molar-refractivity contribution in [1.82, 2.24) is 118 Å². The number of likely N-dealkylation sites (tertiary alicyclic amines) is 3. The number of halogens is 6. The number of hydrogen-bond acceptors (Lipinski definition) is 30. The first-order chi connectivity index (χ1) is 70.9. The molecule has 0 aliphatic carbocycles. The van der Waals surface area contributed by atoms with E-state index < -0.39 is 11.2 Å². The van der Waals surface area contributed by atoms with E-state index in [1.807, 2.05) is 170 Å². The number of amides is 2. The molecule has 4 unspecified atom stereocenters. The van der Waals surface area contributed by atoms with E-state index in [0.29, 0.717) is 174 Å². The molecule has 12 aromatic heterocycles. The molecule has 0 radical (unpaired) electrons. The molecule has 774 valence electrons. The normalized spacial score (nSPS) is 15.5. The quantitative estimate of drug-likeness (QED) is 0.0498. The van der Waals surface area contributed by atoms with Gasteiger partial charge in [-0.05, 0) is 203 Å². The highest BCUT2D eigenvalue weighted by molar-refractivity contribution is 6.35. The average Bonchev–Trinajstić information content (AvgIpc) is 1.68. The Morgan fingerprint density at radius 3 is 0.973 bits per heavy atom. The van der Waals surface area contributed by atoms with Crippen LogP contribution < -0.4 is 49.2 Å². The fourth-order valence-electron chi connectivity index (χ4n) is 18.1. The lowest BCUT2D eigenvalue weighted by molar-refractivity contribution is 0.0282. The van der Waals surface area contributed by atoms with Gasteiger partial charge in [0.1, 0.15) is 33.8 Å². The van der Waals surface area contributed by atoms with E-state index in [1.165, 1.54) is 0 Å². The van der Waals surface area contributed by atoms with Crippen LogP contribution in [0, 0.1) is 27.7 Å². The first kappa shape index (κ1) is 109. The summed E-state index contributed by atoms with van der Waals surface area (Å²) in [6.45, 7) is 34.5. The number of nitrogens with two attached hydrogens (primary N) is 1. The van der Waals surface area contributed by atoms with Crippen LogP contribution in [-0.2, 0) is 35.7 Å². The summed E-state index contributed by atoms with van der Waals surface area (Å²) >= 11 is 32.5. The fourth-order valence-corrected chi connectivity index (χ4v) is 19.3. The summed E-state index contributed by atoms with van der Waals surface area (Å²) in [5.41, 5.74) is 20.5. The van der Waals surface area contributed by atoms with E-state index >= 15 is 0 Å². The van der Waals surface area contributed by atoms with Crippen molar-refractivity contribution in [1.29, 1.82) is 0 Å². The summed E-state index contributed by atoms with van der Waals surface area (Å²) < 4.78 is 17.2. The molecule has 4 aromatic carbocycles. The minimum absolute atomic E-state index is 0. The van der Waals surface area contributed by atoms with Crippen LogP contribution in [0.4, 0.5) is 27.4 Å². The largest absolute Gasteiger partial charge is 0.444 e. The molecule has 0 bridgehead atoms. The minimum atomic E-state index is -0.547. The van der Waals surface area contributed by atoms with Gasteiger partial charge in [-0.3, -0.25) is 77.3 Å². The molecule has 0 spiro atoms. The van der Waals surface area contributed by atoms with E-state index in [1.54, 1.807) is 127 Å². The van der Waals surface area contributed by atoms with Gasteiger partial charge in [0.05, 0.1) is 45.6 Å². The van der Waals surface area contributed by atoms with Gasteiger partial charge in [-0.15, -0.1) is 12.4 Å². The molecule has 6 N–H and O–H groups in total. The predicted molar refractivity (Wildman–Crippen MR) is 590 cm³/mol. The second-order valence-electron chi connectivity index (χ2n) is 38.3. The lowest BCUT2D eigenvalue weighted by Gasteiger charge is -2.24. The number of ether oxygens (including phenoxy) is 2. The van der Waals surface area contributed by atoms with Crippen LogP contribution in [0.3, 0.4) is 0 Å². The number of benzene rings is 4. The van der Waals surface area contributed by atoms with Gasteiger partial charge < -0.3 is 51.2 Å². The van der Waals surface area contributed by atoms with Crippen molar-refractivity contribution in [2.24, 2.45) is 5.73 Å². The number of rotatable bonds is 18. The number of carbonyl (C=O) groups is 2. The maximum absolute atomic E-state index is 13.6. The van der Waals surface area contributed by atoms with Crippen molar-refractivity contribution in [3.63, 3.8) is 0 Å². The Bertz CT molecular complexity index is 7960. The molecule has 16 heterocycles. The number of nitrogens with zero attached hydrogens (tertiary/aromatic N) is 23. The minimum Gasteiger partial charge on any atom is -0.444 e.